The number of fused-ring (bicyclic) bond motifs is 3. The SMILES string of the molecule is Cc1ccc(Cl)cc1NC(=O)N1C[C@@H]2C[C@H]1CN2Cc1nc2ccccc2c(=O)[nH]1. The van der Waals surface area contributed by atoms with Gasteiger partial charge in [0.1, 0.15) is 5.82 Å². The summed E-state index contributed by atoms with van der Waals surface area (Å²) in [5.41, 5.74) is 2.31. The molecule has 2 bridgehead atoms. The number of hydrogen-bond donors (Lipinski definition) is 2. The van der Waals surface area contributed by atoms with Crippen molar-refractivity contribution in [3.05, 3.63) is 69.2 Å². The van der Waals surface area contributed by atoms with Crippen LogP contribution >= 0.6 is 11.6 Å². The number of anilines is 1. The summed E-state index contributed by atoms with van der Waals surface area (Å²) in [6.45, 7) is 3.95. The minimum absolute atomic E-state index is 0.0928. The largest absolute Gasteiger partial charge is 0.322 e. The summed E-state index contributed by atoms with van der Waals surface area (Å²) >= 11 is 6.06. The van der Waals surface area contributed by atoms with Gasteiger partial charge in [0, 0.05) is 35.9 Å². The van der Waals surface area contributed by atoms with Crippen LogP contribution in [0.25, 0.3) is 10.9 Å². The maximum atomic E-state index is 12.8. The molecule has 2 saturated heterocycles. The Morgan fingerprint density at radius 1 is 1.23 bits per heavy atom. The fourth-order valence-electron chi connectivity index (χ4n) is 4.51. The van der Waals surface area contributed by atoms with E-state index in [2.05, 4.69) is 20.2 Å². The highest BCUT2D eigenvalue weighted by Gasteiger charge is 2.45. The Kier molecular flexibility index (Phi) is 4.72. The van der Waals surface area contributed by atoms with Crippen LogP contribution in [0.15, 0.2) is 47.3 Å². The lowest BCUT2D eigenvalue weighted by atomic mass is 10.2. The normalized spacial score (nSPS) is 20.8. The number of carbonyl (C=O) groups is 1. The summed E-state index contributed by atoms with van der Waals surface area (Å²) < 4.78 is 0. The van der Waals surface area contributed by atoms with Crippen molar-refractivity contribution >= 4 is 34.2 Å². The third-order valence-corrected chi connectivity index (χ3v) is 6.31. The molecule has 3 aromatic rings. The summed E-state index contributed by atoms with van der Waals surface area (Å²) in [5, 5.41) is 4.19. The summed E-state index contributed by atoms with van der Waals surface area (Å²) in [5.74, 6) is 0.664. The molecule has 2 N–H and O–H groups in total. The topological polar surface area (TPSA) is 81.3 Å². The molecule has 8 heteroatoms. The Balaban J connectivity index is 1.26. The molecule has 0 saturated carbocycles. The molecular formula is C22H22ClN5O2. The fraction of sp³-hybridized carbons (Fsp3) is 0.318. The smallest absolute Gasteiger partial charge is 0.319 e. The predicted molar refractivity (Wildman–Crippen MR) is 117 cm³/mol. The zero-order valence-corrected chi connectivity index (χ0v) is 17.3. The van der Waals surface area contributed by atoms with Gasteiger partial charge >= 0.3 is 6.03 Å². The molecule has 0 aliphatic carbocycles. The Hall–Kier alpha value is -2.90. The second kappa shape index (κ2) is 7.41. The number of nitrogens with one attached hydrogen (secondary N) is 2. The van der Waals surface area contributed by atoms with Crippen molar-refractivity contribution in [1.82, 2.24) is 19.8 Å². The van der Waals surface area contributed by atoms with E-state index in [1.54, 1.807) is 12.1 Å². The van der Waals surface area contributed by atoms with Gasteiger partial charge in [0.05, 0.1) is 17.4 Å². The van der Waals surface area contributed by atoms with Crippen LogP contribution in [0.1, 0.15) is 17.8 Å². The van der Waals surface area contributed by atoms with Gasteiger partial charge in [-0.05, 0) is 43.2 Å². The van der Waals surface area contributed by atoms with Gasteiger partial charge in [-0.3, -0.25) is 9.69 Å². The first-order valence-electron chi connectivity index (χ1n) is 10.0. The molecule has 154 valence electrons. The number of aromatic amines is 1. The van der Waals surface area contributed by atoms with Crippen molar-refractivity contribution in [2.45, 2.75) is 32.0 Å². The van der Waals surface area contributed by atoms with Crippen LogP contribution in [0.3, 0.4) is 0 Å². The maximum Gasteiger partial charge on any atom is 0.322 e. The predicted octanol–water partition coefficient (Wildman–Crippen LogP) is 3.38. The van der Waals surface area contributed by atoms with E-state index >= 15 is 0 Å². The van der Waals surface area contributed by atoms with Crippen molar-refractivity contribution in [2.75, 3.05) is 18.4 Å². The number of halogens is 1. The van der Waals surface area contributed by atoms with Crippen LogP contribution in [0.5, 0.6) is 0 Å². The number of amides is 2. The van der Waals surface area contributed by atoms with Gasteiger partial charge in [0.25, 0.3) is 5.56 Å². The van der Waals surface area contributed by atoms with Crippen molar-refractivity contribution in [1.29, 1.82) is 0 Å². The van der Waals surface area contributed by atoms with Crippen molar-refractivity contribution < 1.29 is 4.79 Å². The third kappa shape index (κ3) is 3.44. The van der Waals surface area contributed by atoms with E-state index < -0.39 is 0 Å². The molecule has 2 aromatic carbocycles. The number of H-pyrrole nitrogens is 1. The average molecular weight is 424 g/mol. The summed E-state index contributed by atoms with van der Waals surface area (Å²) in [4.78, 5) is 36.8. The number of likely N-dealkylation sites (tertiary alicyclic amines) is 2. The molecule has 3 heterocycles. The molecule has 2 aliphatic heterocycles. The molecule has 0 spiro atoms. The number of hydrogen-bond acceptors (Lipinski definition) is 4. The lowest BCUT2D eigenvalue weighted by molar-refractivity contribution is 0.137. The number of urea groups is 1. The molecule has 30 heavy (non-hydrogen) atoms. The van der Waals surface area contributed by atoms with E-state index in [9.17, 15) is 9.59 Å². The second-order valence-electron chi connectivity index (χ2n) is 8.04. The zero-order valence-electron chi connectivity index (χ0n) is 16.6. The van der Waals surface area contributed by atoms with Gasteiger partial charge in [0.15, 0.2) is 0 Å². The number of nitrogens with zero attached hydrogens (tertiary/aromatic N) is 3. The molecule has 2 amide bonds. The Morgan fingerprint density at radius 2 is 2.07 bits per heavy atom. The van der Waals surface area contributed by atoms with Gasteiger partial charge < -0.3 is 15.2 Å². The van der Waals surface area contributed by atoms with E-state index in [4.69, 9.17) is 11.6 Å². The van der Waals surface area contributed by atoms with Gasteiger partial charge in [-0.15, -0.1) is 0 Å². The molecule has 2 fully saturated rings. The van der Waals surface area contributed by atoms with Crippen molar-refractivity contribution in [2.24, 2.45) is 0 Å². The summed E-state index contributed by atoms with van der Waals surface area (Å²) in [6, 6.07) is 13.2. The molecule has 0 unspecified atom stereocenters. The Morgan fingerprint density at radius 3 is 2.87 bits per heavy atom. The van der Waals surface area contributed by atoms with Crippen molar-refractivity contribution in [3.8, 4) is 0 Å². The van der Waals surface area contributed by atoms with Crippen LogP contribution in [0.4, 0.5) is 10.5 Å². The highest BCUT2D eigenvalue weighted by atomic mass is 35.5. The van der Waals surface area contributed by atoms with Gasteiger partial charge in [-0.2, -0.15) is 0 Å². The highest BCUT2D eigenvalue weighted by Crippen LogP contribution is 2.32. The quantitative estimate of drug-likeness (QED) is 0.676. The van der Waals surface area contributed by atoms with Crippen LogP contribution in [0, 0.1) is 6.92 Å². The molecule has 0 radical (unpaired) electrons. The Labute approximate surface area is 178 Å². The van der Waals surface area contributed by atoms with Crippen LogP contribution in [-0.4, -0.2) is 51.0 Å². The first kappa shape index (κ1) is 19.1. The lowest BCUT2D eigenvalue weighted by Gasteiger charge is -2.34. The van der Waals surface area contributed by atoms with E-state index in [1.165, 1.54) is 0 Å². The standard InChI is InChI=1S/C22H22ClN5O2/c1-13-6-7-14(23)8-19(13)25-22(30)28-11-15-9-16(28)10-27(15)12-20-24-18-5-3-2-4-17(18)21(29)26-20/h2-8,15-16H,9-12H2,1H3,(H,25,30)(H,24,26,29)/t15-,16-/m0/s1. The first-order chi connectivity index (χ1) is 14.5. The molecule has 2 aliphatic rings. The number of piperazine rings is 1. The van der Waals surface area contributed by atoms with Crippen LogP contribution in [0.2, 0.25) is 5.02 Å². The van der Waals surface area contributed by atoms with E-state index in [1.807, 2.05) is 42.2 Å². The number of aryl methyl sites for hydroxylation is 1. The lowest BCUT2D eigenvalue weighted by Crippen LogP contribution is -2.50. The van der Waals surface area contributed by atoms with Gasteiger partial charge in [-0.1, -0.05) is 29.8 Å². The fourth-order valence-corrected chi connectivity index (χ4v) is 4.68. The minimum Gasteiger partial charge on any atom is -0.319 e. The first-order valence-corrected chi connectivity index (χ1v) is 10.4. The molecular weight excluding hydrogens is 402 g/mol. The van der Waals surface area contributed by atoms with E-state index in [0.29, 0.717) is 34.8 Å². The zero-order chi connectivity index (χ0) is 20.8. The van der Waals surface area contributed by atoms with E-state index in [-0.39, 0.29) is 23.7 Å². The second-order valence-corrected chi connectivity index (χ2v) is 8.48. The van der Waals surface area contributed by atoms with Crippen LogP contribution in [-0.2, 0) is 6.54 Å². The monoisotopic (exact) mass is 423 g/mol. The number of para-hydroxylation sites is 1. The Bertz CT molecular complexity index is 1190. The number of benzene rings is 2. The number of aromatic nitrogens is 2. The van der Waals surface area contributed by atoms with Crippen molar-refractivity contribution in [3.63, 3.8) is 0 Å². The molecule has 7 nitrogen and oxygen atoms in total. The van der Waals surface area contributed by atoms with Crippen LogP contribution < -0.4 is 10.9 Å². The van der Waals surface area contributed by atoms with Gasteiger partial charge in [-0.25, -0.2) is 9.78 Å². The van der Waals surface area contributed by atoms with E-state index in [0.717, 1.165) is 24.2 Å². The maximum absolute atomic E-state index is 12.8. The molecule has 5 rings (SSSR count). The van der Waals surface area contributed by atoms with Gasteiger partial charge in [0.2, 0.25) is 0 Å². The summed E-state index contributed by atoms with van der Waals surface area (Å²) in [6.07, 6.45) is 0.930. The number of carbonyl (C=O) groups excluding carboxylic acids is 1. The molecule has 1 aromatic heterocycles. The minimum atomic E-state index is -0.113. The highest BCUT2D eigenvalue weighted by molar-refractivity contribution is 6.31. The number of rotatable bonds is 3. The summed E-state index contributed by atoms with van der Waals surface area (Å²) in [7, 11) is 0. The third-order valence-electron chi connectivity index (χ3n) is 6.07. The average Bonchev–Trinajstić information content (AvgIpc) is 3.31. The molecule has 2 atom stereocenters.